The number of nitrogens with zero attached hydrogens (tertiary/aromatic N) is 1. The minimum atomic E-state index is -0.954. The van der Waals surface area contributed by atoms with Gasteiger partial charge in [-0.1, -0.05) is 58.0 Å². The molecule has 39 heavy (non-hydrogen) atoms. The van der Waals surface area contributed by atoms with E-state index >= 15 is 0 Å². The highest BCUT2D eigenvalue weighted by Gasteiger charge is 2.32. The van der Waals surface area contributed by atoms with Crippen LogP contribution in [0, 0.1) is 17.8 Å². The van der Waals surface area contributed by atoms with Crippen molar-refractivity contribution in [1.82, 2.24) is 15.6 Å². The van der Waals surface area contributed by atoms with Crippen molar-refractivity contribution in [3.63, 3.8) is 0 Å². The average molecular weight is 560 g/mol. The van der Waals surface area contributed by atoms with Crippen molar-refractivity contribution in [3.8, 4) is 0 Å². The predicted molar refractivity (Wildman–Crippen MR) is 154 cm³/mol. The second-order valence-electron chi connectivity index (χ2n) is 11.9. The number of aliphatic hydroxyl groups is 1. The molecule has 3 N–H and O–H groups in total. The fraction of sp³-hybridized carbons (Fsp3) is 0.600. The van der Waals surface area contributed by atoms with E-state index in [0.717, 1.165) is 5.56 Å². The molecule has 0 aliphatic carbocycles. The summed E-state index contributed by atoms with van der Waals surface area (Å²) in [4.78, 5) is 44.0. The summed E-state index contributed by atoms with van der Waals surface area (Å²) in [5.74, 6) is -1.59. The Balaban J connectivity index is 2.23. The molecule has 0 bridgehead atoms. The monoisotopic (exact) mass is 559 g/mol. The topological polar surface area (TPSA) is 118 Å². The maximum Gasteiger partial charge on any atom is 0.307 e. The third-order valence-electron chi connectivity index (χ3n) is 6.01. The van der Waals surface area contributed by atoms with Gasteiger partial charge >= 0.3 is 5.97 Å². The van der Waals surface area contributed by atoms with E-state index in [1.807, 2.05) is 58.0 Å². The number of aliphatic hydroxyl groups excluding tert-OH is 1. The Bertz CT molecular complexity index is 1030. The smallest absolute Gasteiger partial charge is 0.307 e. The number of amides is 2. The molecule has 1 aromatic heterocycles. The van der Waals surface area contributed by atoms with Crippen molar-refractivity contribution >= 4 is 29.1 Å². The quantitative estimate of drug-likeness (QED) is 0.286. The van der Waals surface area contributed by atoms with Crippen LogP contribution in [0.2, 0.25) is 0 Å². The number of hydrogen-bond donors (Lipinski definition) is 3. The van der Waals surface area contributed by atoms with Gasteiger partial charge in [-0.15, -0.1) is 11.3 Å². The van der Waals surface area contributed by atoms with E-state index in [4.69, 9.17) is 4.74 Å². The summed E-state index contributed by atoms with van der Waals surface area (Å²) in [7, 11) is 0. The lowest BCUT2D eigenvalue weighted by atomic mass is 9.93. The van der Waals surface area contributed by atoms with E-state index in [9.17, 15) is 19.5 Å². The molecule has 4 atom stereocenters. The van der Waals surface area contributed by atoms with Crippen LogP contribution in [0.5, 0.6) is 0 Å². The molecule has 0 saturated carbocycles. The highest BCUT2D eigenvalue weighted by Crippen LogP contribution is 2.24. The van der Waals surface area contributed by atoms with Crippen molar-refractivity contribution in [2.75, 3.05) is 0 Å². The van der Waals surface area contributed by atoms with E-state index < -0.39 is 35.7 Å². The fourth-order valence-corrected chi connectivity index (χ4v) is 5.03. The maximum absolute atomic E-state index is 13.6. The lowest BCUT2D eigenvalue weighted by Crippen LogP contribution is -2.53. The molecule has 0 fully saturated rings. The van der Waals surface area contributed by atoms with Gasteiger partial charge in [0, 0.05) is 11.6 Å². The zero-order valence-electron chi connectivity index (χ0n) is 24.3. The molecular formula is C30H45N3O5S. The molecule has 0 spiro atoms. The molecule has 0 unspecified atom stereocenters. The Morgan fingerprint density at radius 2 is 1.62 bits per heavy atom. The first-order valence-corrected chi connectivity index (χ1v) is 14.6. The van der Waals surface area contributed by atoms with Crippen molar-refractivity contribution in [2.45, 2.75) is 97.9 Å². The van der Waals surface area contributed by atoms with E-state index in [1.165, 1.54) is 11.3 Å². The van der Waals surface area contributed by atoms with Crippen molar-refractivity contribution < 1.29 is 24.2 Å². The van der Waals surface area contributed by atoms with Gasteiger partial charge in [-0.05, 0) is 57.4 Å². The molecule has 1 heterocycles. The summed E-state index contributed by atoms with van der Waals surface area (Å²) in [6.07, 6.45) is 1.85. The maximum atomic E-state index is 13.6. The molecule has 1 aromatic carbocycles. The number of carbonyl (C=O) groups is 3. The van der Waals surface area contributed by atoms with Gasteiger partial charge < -0.3 is 20.5 Å². The van der Waals surface area contributed by atoms with Gasteiger partial charge in [0.05, 0.1) is 18.4 Å². The Labute approximate surface area is 237 Å². The van der Waals surface area contributed by atoms with Crippen LogP contribution < -0.4 is 10.6 Å². The minimum absolute atomic E-state index is 0.104. The van der Waals surface area contributed by atoms with Crippen LogP contribution in [0.15, 0.2) is 41.9 Å². The zero-order valence-corrected chi connectivity index (χ0v) is 25.1. The van der Waals surface area contributed by atoms with Gasteiger partial charge in [-0.2, -0.15) is 0 Å². The standard InChI is InChI=1S/C30H45N3O5S/c1-19(2)15-23(26(35)29-31-13-14-39-29)32-28(37)24(16-20(3)4)33-27(36)22(17-21-11-9-8-10-12-21)18-25(34)38-30(5,6)7/h8-14,19-20,22-24,26,35H,15-18H2,1-7H3,(H,32,37)(H,33,36)/t22-,23+,24+,26-/m1/s1. The summed E-state index contributed by atoms with van der Waals surface area (Å²) < 4.78 is 5.49. The van der Waals surface area contributed by atoms with Gasteiger partial charge in [0.15, 0.2) is 0 Å². The van der Waals surface area contributed by atoms with E-state index in [2.05, 4.69) is 15.6 Å². The first kappa shape index (κ1) is 32.4. The molecule has 216 valence electrons. The lowest BCUT2D eigenvalue weighted by molar-refractivity contribution is -0.157. The van der Waals surface area contributed by atoms with Crippen molar-refractivity contribution in [1.29, 1.82) is 0 Å². The number of ether oxygens (including phenoxy) is 1. The summed E-state index contributed by atoms with van der Waals surface area (Å²) in [5.41, 5.74) is 0.240. The number of esters is 1. The van der Waals surface area contributed by atoms with E-state index in [-0.39, 0.29) is 30.1 Å². The third kappa shape index (κ3) is 11.9. The molecule has 0 aliphatic rings. The Kier molecular flexibility index (Phi) is 12.6. The average Bonchev–Trinajstić information content (AvgIpc) is 3.36. The zero-order chi connectivity index (χ0) is 29.2. The SMILES string of the molecule is CC(C)C[C@H](NC(=O)[C@@H](CC(=O)OC(C)(C)C)Cc1ccccc1)C(=O)N[C@@H](CC(C)C)[C@@H](O)c1nccs1. The highest BCUT2D eigenvalue weighted by molar-refractivity contribution is 7.09. The van der Waals surface area contributed by atoms with Gasteiger partial charge in [0.1, 0.15) is 22.8 Å². The number of hydrogen-bond acceptors (Lipinski definition) is 7. The van der Waals surface area contributed by atoms with Crippen LogP contribution in [0.4, 0.5) is 0 Å². The molecule has 2 rings (SSSR count). The normalized spacial score (nSPS) is 14.9. The molecule has 2 aromatic rings. The third-order valence-corrected chi connectivity index (χ3v) is 6.85. The van der Waals surface area contributed by atoms with Gasteiger partial charge in [0.2, 0.25) is 11.8 Å². The van der Waals surface area contributed by atoms with Crippen molar-refractivity contribution in [2.24, 2.45) is 17.8 Å². The van der Waals surface area contributed by atoms with Crippen molar-refractivity contribution in [3.05, 3.63) is 52.5 Å². The highest BCUT2D eigenvalue weighted by atomic mass is 32.1. The molecule has 9 heteroatoms. The van der Waals surface area contributed by atoms with Gasteiger partial charge in [-0.25, -0.2) is 4.98 Å². The predicted octanol–water partition coefficient (Wildman–Crippen LogP) is 4.83. The minimum Gasteiger partial charge on any atom is -0.460 e. The fourth-order valence-electron chi connectivity index (χ4n) is 4.34. The molecule has 8 nitrogen and oxygen atoms in total. The molecule has 0 aliphatic heterocycles. The number of nitrogens with one attached hydrogen (secondary N) is 2. The number of benzene rings is 1. The Hall–Kier alpha value is -2.78. The van der Waals surface area contributed by atoms with Crippen LogP contribution in [0.3, 0.4) is 0 Å². The Morgan fingerprint density at radius 1 is 0.974 bits per heavy atom. The van der Waals surface area contributed by atoms with Gasteiger partial charge in [0.25, 0.3) is 0 Å². The van der Waals surface area contributed by atoms with E-state index in [1.54, 1.807) is 32.3 Å². The number of thiazole rings is 1. The second-order valence-corrected chi connectivity index (χ2v) is 12.9. The molecular weight excluding hydrogens is 514 g/mol. The summed E-state index contributed by atoms with van der Waals surface area (Å²) in [5, 5.41) is 19.2. The van der Waals surface area contributed by atoms with Crippen LogP contribution >= 0.6 is 11.3 Å². The van der Waals surface area contributed by atoms with Crippen LogP contribution in [0.1, 0.15) is 84.4 Å². The number of aromatic nitrogens is 1. The Morgan fingerprint density at radius 3 is 2.15 bits per heavy atom. The number of rotatable bonds is 14. The van der Waals surface area contributed by atoms with Crippen LogP contribution in [-0.2, 0) is 25.5 Å². The van der Waals surface area contributed by atoms with Crippen LogP contribution in [0.25, 0.3) is 0 Å². The molecule has 0 saturated heterocycles. The lowest BCUT2D eigenvalue weighted by Gasteiger charge is -2.29. The van der Waals surface area contributed by atoms with Gasteiger partial charge in [-0.3, -0.25) is 14.4 Å². The number of carbonyl (C=O) groups excluding carboxylic acids is 3. The first-order chi connectivity index (χ1) is 18.2. The van der Waals surface area contributed by atoms with E-state index in [0.29, 0.717) is 24.3 Å². The summed E-state index contributed by atoms with van der Waals surface area (Å²) in [6.45, 7) is 13.3. The first-order valence-electron chi connectivity index (χ1n) is 13.7. The summed E-state index contributed by atoms with van der Waals surface area (Å²) in [6, 6.07) is 8.09. The molecule has 2 amide bonds. The second kappa shape index (κ2) is 15.1. The molecule has 0 radical (unpaired) electrons. The largest absolute Gasteiger partial charge is 0.460 e. The van der Waals surface area contributed by atoms with Crippen LogP contribution in [-0.4, -0.2) is 45.6 Å². The summed E-state index contributed by atoms with van der Waals surface area (Å²) >= 11 is 1.33.